The molecule has 16 heavy (non-hydrogen) atoms. The lowest BCUT2D eigenvalue weighted by Crippen LogP contribution is -1.95. The van der Waals surface area contributed by atoms with Crippen LogP contribution in [0.4, 0.5) is 0 Å². The van der Waals surface area contributed by atoms with Crippen molar-refractivity contribution in [2.75, 3.05) is 0 Å². The van der Waals surface area contributed by atoms with Crippen LogP contribution in [-0.4, -0.2) is 10.8 Å². The molecule has 0 saturated heterocycles. The van der Waals surface area contributed by atoms with E-state index in [0.29, 0.717) is 12.8 Å². The van der Waals surface area contributed by atoms with E-state index in [-0.39, 0.29) is 5.78 Å². The maximum absolute atomic E-state index is 11.0. The monoisotopic (exact) mass is 212 g/mol. The predicted molar refractivity (Wildman–Crippen MR) is 62.0 cm³/mol. The van der Waals surface area contributed by atoms with Crippen LogP contribution in [0, 0.1) is 11.3 Å². The van der Waals surface area contributed by atoms with Gasteiger partial charge in [-0.2, -0.15) is 5.26 Å². The molecule has 0 aliphatic rings. The summed E-state index contributed by atoms with van der Waals surface area (Å²) in [7, 11) is 0. The third-order valence-electron chi connectivity index (χ3n) is 2.55. The van der Waals surface area contributed by atoms with Crippen molar-refractivity contribution >= 4 is 16.7 Å². The number of benzene rings is 1. The molecule has 0 saturated carbocycles. The van der Waals surface area contributed by atoms with E-state index in [4.69, 9.17) is 5.26 Å². The third kappa shape index (κ3) is 1.96. The smallest absolute Gasteiger partial charge is 0.134 e. The van der Waals surface area contributed by atoms with Gasteiger partial charge in [0.05, 0.1) is 12.5 Å². The molecular formula is C13H12N2O. The van der Waals surface area contributed by atoms with Gasteiger partial charge < -0.3 is 4.98 Å². The Kier molecular flexibility index (Phi) is 2.74. The number of carbonyl (C=O) groups is 1. The first-order chi connectivity index (χ1) is 7.70. The molecule has 0 aliphatic heterocycles. The second kappa shape index (κ2) is 4.19. The Morgan fingerprint density at radius 1 is 1.50 bits per heavy atom. The van der Waals surface area contributed by atoms with E-state index in [0.717, 1.165) is 22.0 Å². The Hall–Kier alpha value is -2.08. The topological polar surface area (TPSA) is 56.6 Å². The summed E-state index contributed by atoms with van der Waals surface area (Å²) in [6.07, 6.45) is 2.70. The highest BCUT2D eigenvalue weighted by molar-refractivity contribution is 5.86. The van der Waals surface area contributed by atoms with Gasteiger partial charge in [-0.25, -0.2) is 0 Å². The number of nitriles is 1. The quantitative estimate of drug-likeness (QED) is 0.849. The second-order valence-corrected chi connectivity index (χ2v) is 3.91. The zero-order chi connectivity index (χ0) is 11.5. The van der Waals surface area contributed by atoms with E-state index in [1.54, 1.807) is 6.92 Å². The van der Waals surface area contributed by atoms with E-state index in [1.165, 1.54) is 0 Å². The second-order valence-electron chi connectivity index (χ2n) is 3.91. The molecule has 0 bridgehead atoms. The fourth-order valence-electron chi connectivity index (χ4n) is 1.85. The molecule has 1 heterocycles. The van der Waals surface area contributed by atoms with E-state index < -0.39 is 0 Å². The molecule has 0 spiro atoms. The number of hydrogen-bond acceptors (Lipinski definition) is 2. The molecule has 80 valence electrons. The number of hydrogen-bond donors (Lipinski definition) is 1. The van der Waals surface area contributed by atoms with Crippen molar-refractivity contribution < 1.29 is 4.79 Å². The number of H-pyrrole nitrogens is 1. The van der Waals surface area contributed by atoms with Gasteiger partial charge in [-0.05, 0) is 30.2 Å². The normalized spacial score (nSPS) is 10.2. The molecule has 2 rings (SSSR count). The third-order valence-corrected chi connectivity index (χ3v) is 2.55. The van der Waals surface area contributed by atoms with Crippen LogP contribution in [0.5, 0.6) is 0 Å². The van der Waals surface area contributed by atoms with Crippen molar-refractivity contribution in [3.8, 4) is 6.07 Å². The number of nitrogens with one attached hydrogen (secondary N) is 1. The van der Waals surface area contributed by atoms with Gasteiger partial charge in [-0.15, -0.1) is 0 Å². The van der Waals surface area contributed by atoms with Crippen LogP contribution in [-0.2, 0) is 17.6 Å². The summed E-state index contributed by atoms with van der Waals surface area (Å²) in [5, 5.41) is 9.74. The highest BCUT2D eigenvalue weighted by Crippen LogP contribution is 2.20. The summed E-state index contributed by atoms with van der Waals surface area (Å²) < 4.78 is 0. The summed E-state index contributed by atoms with van der Waals surface area (Å²) >= 11 is 0. The first-order valence-electron chi connectivity index (χ1n) is 5.16. The Balaban J connectivity index is 2.46. The van der Waals surface area contributed by atoms with Crippen molar-refractivity contribution in [2.24, 2.45) is 0 Å². The molecular weight excluding hydrogens is 200 g/mol. The number of nitrogens with zero attached hydrogens (tertiary/aromatic N) is 1. The molecule has 0 aliphatic carbocycles. The summed E-state index contributed by atoms with van der Waals surface area (Å²) in [4.78, 5) is 14.2. The minimum atomic E-state index is 0.150. The van der Waals surface area contributed by atoms with Gasteiger partial charge in [0.25, 0.3) is 0 Å². The lowest BCUT2D eigenvalue weighted by molar-refractivity contribution is -0.116. The molecule has 3 nitrogen and oxygen atoms in total. The Morgan fingerprint density at radius 3 is 3.00 bits per heavy atom. The Morgan fingerprint density at radius 2 is 2.31 bits per heavy atom. The molecule has 0 unspecified atom stereocenters. The molecule has 0 radical (unpaired) electrons. The van der Waals surface area contributed by atoms with Crippen LogP contribution in [0.25, 0.3) is 10.9 Å². The van der Waals surface area contributed by atoms with Crippen molar-refractivity contribution in [1.29, 1.82) is 5.26 Å². The van der Waals surface area contributed by atoms with Crippen LogP contribution in [0.1, 0.15) is 18.1 Å². The van der Waals surface area contributed by atoms with Gasteiger partial charge in [0.15, 0.2) is 0 Å². The standard InChI is InChI=1S/C13H12N2O/c1-9(16)6-10-2-3-13-12(7-10)11(4-5-14)8-15-13/h2-3,7-8,15H,4,6H2,1H3. The fraction of sp³-hybridized carbons (Fsp3) is 0.231. The summed E-state index contributed by atoms with van der Waals surface area (Å²) in [6, 6.07) is 8.02. The molecule has 2 aromatic rings. The number of fused-ring (bicyclic) bond motifs is 1. The highest BCUT2D eigenvalue weighted by atomic mass is 16.1. The predicted octanol–water partition coefficient (Wildman–Crippen LogP) is 2.37. The van der Waals surface area contributed by atoms with E-state index >= 15 is 0 Å². The minimum absolute atomic E-state index is 0.150. The fourth-order valence-corrected chi connectivity index (χ4v) is 1.85. The SMILES string of the molecule is CC(=O)Cc1ccc2[nH]cc(CC#N)c2c1. The van der Waals surface area contributed by atoms with Crippen LogP contribution in [0.3, 0.4) is 0 Å². The maximum Gasteiger partial charge on any atom is 0.134 e. The number of Topliss-reactive ketones (excluding diaryl/α,β-unsaturated/α-hetero) is 1. The largest absolute Gasteiger partial charge is 0.361 e. The number of aromatic nitrogens is 1. The molecule has 0 amide bonds. The van der Waals surface area contributed by atoms with Gasteiger partial charge in [0.2, 0.25) is 0 Å². The summed E-state index contributed by atoms with van der Waals surface area (Å²) in [6.45, 7) is 1.58. The zero-order valence-corrected chi connectivity index (χ0v) is 9.08. The van der Waals surface area contributed by atoms with E-state index in [2.05, 4.69) is 11.1 Å². The van der Waals surface area contributed by atoms with E-state index in [9.17, 15) is 4.79 Å². The first kappa shape index (κ1) is 10.4. The molecule has 0 atom stereocenters. The minimum Gasteiger partial charge on any atom is -0.361 e. The van der Waals surface area contributed by atoms with Crippen molar-refractivity contribution in [3.05, 3.63) is 35.5 Å². The average molecular weight is 212 g/mol. The van der Waals surface area contributed by atoms with E-state index in [1.807, 2.05) is 24.4 Å². The van der Waals surface area contributed by atoms with Gasteiger partial charge in [-0.3, -0.25) is 4.79 Å². The van der Waals surface area contributed by atoms with Gasteiger partial charge in [0, 0.05) is 23.5 Å². The number of carbonyl (C=O) groups excluding carboxylic acids is 1. The van der Waals surface area contributed by atoms with Gasteiger partial charge in [-0.1, -0.05) is 6.07 Å². The molecule has 1 aromatic heterocycles. The van der Waals surface area contributed by atoms with Crippen molar-refractivity contribution in [3.63, 3.8) is 0 Å². The summed E-state index contributed by atoms with van der Waals surface area (Å²) in [5.41, 5.74) is 3.00. The lowest BCUT2D eigenvalue weighted by Gasteiger charge is -1.99. The molecule has 3 heteroatoms. The summed E-state index contributed by atoms with van der Waals surface area (Å²) in [5.74, 6) is 0.150. The van der Waals surface area contributed by atoms with Crippen LogP contribution in [0.15, 0.2) is 24.4 Å². The number of ketones is 1. The molecule has 1 aromatic carbocycles. The zero-order valence-electron chi connectivity index (χ0n) is 9.08. The number of aromatic amines is 1. The first-order valence-corrected chi connectivity index (χ1v) is 5.16. The van der Waals surface area contributed by atoms with Crippen LogP contribution < -0.4 is 0 Å². The van der Waals surface area contributed by atoms with Crippen molar-refractivity contribution in [2.45, 2.75) is 19.8 Å². The van der Waals surface area contributed by atoms with Gasteiger partial charge in [0.1, 0.15) is 5.78 Å². The Bertz CT molecular complexity index is 575. The van der Waals surface area contributed by atoms with Crippen molar-refractivity contribution in [1.82, 2.24) is 4.98 Å². The number of rotatable bonds is 3. The van der Waals surface area contributed by atoms with Crippen LogP contribution in [0.2, 0.25) is 0 Å². The molecule has 0 fully saturated rings. The Labute approximate surface area is 93.7 Å². The average Bonchev–Trinajstić information content (AvgIpc) is 2.61. The molecule has 1 N–H and O–H groups in total. The van der Waals surface area contributed by atoms with Crippen LogP contribution >= 0.6 is 0 Å². The maximum atomic E-state index is 11.0. The van der Waals surface area contributed by atoms with Gasteiger partial charge >= 0.3 is 0 Å². The highest BCUT2D eigenvalue weighted by Gasteiger charge is 2.05. The lowest BCUT2D eigenvalue weighted by atomic mass is 10.0.